The van der Waals surface area contributed by atoms with Crippen molar-refractivity contribution in [3.63, 3.8) is 0 Å². The first-order chi connectivity index (χ1) is 5.75. The van der Waals surface area contributed by atoms with E-state index in [9.17, 15) is 4.21 Å². The van der Waals surface area contributed by atoms with Crippen molar-refractivity contribution >= 4 is 26.7 Å². The van der Waals surface area contributed by atoms with Crippen LogP contribution < -0.4 is 0 Å². The van der Waals surface area contributed by atoms with Gasteiger partial charge in [-0.15, -0.1) is 0 Å². The van der Waals surface area contributed by atoms with Crippen molar-refractivity contribution in [2.75, 3.05) is 12.4 Å². The van der Waals surface area contributed by atoms with Gasteiger partial charge in [0.2, 0.25) is 0 Å². The number of benzene rings is 1. The molecule has 4 heteroatoms. The Morgan fingerprint density at radius 2 is 2.08 bits per heavy atom. The highest BCUT2D eigenvalue weighted by Crippen LogP contribution is 2.19. The van der Waals surface area contributed by atoms with E-state index in [1.54, 1.807) is 6.07 Å². The Hall–Kier alpha value is -0.190. The second-order valence-corrected chi connectivity index (χ2v) is 4.60. The molecule has 66 valence electrons. The fourth-order valence-electron chi connectivity index (χ4n) is 0.822. The van der Waals surface area contributed by atoms with Crippen LogP contribution in [0.25, 0.3) is 0 Å². The predicted octanol–water partition coefficient (Wildman–Crippen LogP) is 1.55. The van der Waals surface area contributed by atoms with Crippen LogP contribution in [0.15, 0.2) is 33.6 Å². The lowest BCUT2D eigenvalue weighted by Gasteiger charge is -2.01. The normalized spacial score (nSPS) is 12.8. The van der Waals surface area contributed by atoms with Gasteiger partial charge in [-0.2, -0.15) is 0 Å². The van der Waals surface area contributed by atoms with Crippen LogP contribution in [0.1, 0.15) is 0 Å². The van der Waals surface area contributed by atoms with Gasteiger partial charge in [0.25, 0.3) is 0 Å². The predicted molar refractivity (Wildman–Crippen MR) is 52.5 cm³/mol. The zero-order valence-electron chi connectivity index (χ0n) is 6.37. The molecule has 0 fully saturated rings. The minimum absolute atomic E-state index is 0.0477. The number of aliphatic hydroxyl groups is 1. The summed E-state index contributed by atoms with van der Waals surface area (Å²) in [6.45, 7) is -0.0477. The van der Waals surface area contributed by atoms with E-state index < -0.39 is 10.8 Å². The van der Waals surface area contributed by atoms with Crippen LogP contribution in [0.2, 0.25) is 0 Å². The number of rotatable bonds is 3. The Morgan fingerprint density at radius 3 is 2.67 bits per heavy atom. The van der Waals surface area contributed by atoms with Crippen LogP contribution in [0, 0.1) is 0 Å². The molecule has 0 radical (unpaired) electrons. The molecule has 0 aromatic heterocycles. The highest BCUT2D eigenvalue weighted by atomic mass is 79.9. The maximum Gasteiger partial charge on any atom is 0.0564 e. The molecule has 0 aliphatic rings. The third-order valence-corrected chi connectivity index (χ3v) is 3.71. The Morgan fingerprint density at radius 1 is 1.42 bits per heavy atom. The van der Waals surface area contributed by atoms with Gasteiger partial charge >= 0.3 is 0 Å². The van der Waals surface area contributed by atoms with Gasteiger partial charge in [0, 0.05) is 4.47 Å². The first-order valence-electron chi connectivity index (χ1n) is 3.49. The first-order valence-corrected chi connectivity index (χ1v) is 5.60. The fourth-order valence-corrected chi connectivity index (χ4v) is 2.55. The lowest BCUT2D eigenvalue weighted by Crippen LogP contribution is -2.02. The monoisotopic (exact) mass is 248 g/mol. The lowest BCUT2D eigenvalue weighted by molar-refractivity contribution is 0.321. The second kappa shape index (κ2) is 4.74. The van der Waals surface area contributed by atoms with E-state index in [4.69, 9.17) is 5.11 Å². The van der Waals surface area contributed by atoms with Crippen molar-refractivity contribution in [1.82, 2.24) is 0 Å². The molecule has 0 bridgehead atoms. The van der Waals surface area contributed by atoms with Crippen molar-refractivity contribution in [1.29, 1.82) is 0 Å². The van der Waals surface area contributed by atoms with Gasteiger partial charge in [-0.3, -0.25) is 4.21 Å². The third-order valence-electron chi connectivity index (χ3n) is 1.36. The SMILES string of the molecule is O=S(CCO)c1ccccc1Br. The van der Waals surface area contributed by atoms with Crippen LogP contribution in [-0.4, -0.2) is 21.7 Å². The van der Waals surface area contributed by atoms with Crippen molar-refractivity contribution in [3.8, 4) is 0 Å². The lowest BCUT2D eigenvalue weighted by atomic mass is 10.4. The molecule has 0 amide bonds. The topological polar surface area (TPSA) is 37.3 Å². The molecule has 0 saturated heterocycles. The molecule has 0 aliphatic heterocycles. The average molecular weight is 249 g/mol. The molecule has 1 aromatic carbocycles. The van der Waals surface area contributed by atoms with E-state index in [-0.39, 0.29) is 6.61 Å². The molecule has 1 aromatic rings. The molecule has 2 nitrogen and oxygen atoms in total. The molecule has 12 heavy (non-hydrogen) atoms. The van der Waals surface area contributed by atoms with Gasteiger partial charge in [-0.1, -0.05) is 12.1 Å². The van der Waals surface area contributed by atoms with Gasteiger partial charge in [-0.05, 0) is 28.1 Å². The molecule has 0 aliphatic carbocycles. The summed E-state index contributed by atoms with van der Waals surface area (Å²) in [5, 5.41) is 8.58. The molecule has 0 saturated carbocycles. The van der Waals surface area contributed by atoms with Crippen LogP contribution in [0.5, 0.6) is 0 Å². The standard InChI is InChI=1S/C8H9BrO2S/c9-7-3-1-2-4-8(7)12(11)6-5-10/h1-4,10H,5-6H2. The van der Waals surface area contributed by atoms with Crippen molar-refractivity contribution in [2.45, 2.75) is 4.90 Å². The molecular weight excluding hydrogens is 240 g/mol. The number of aliphatic hydroxyl groups excluding tert-OH is 1. The Labute approximate surface area is 82.2 Å². The zero-order chi connectivity index (χ0) is 8.97. The van der Waals surface area contributed by atoms with Crippen molar-refractivity contribution in [2.24, 2.45) is 0 Å². The fraction of sp³-hybridized carbons (Fsp3) is 0.250. The van der Waals surface area contributed by atoms with E-state index in [1.807, 2.05) is 18.2 Å². The highest BCUT2D eigenvalue weighted by Gasteiger charge is 2.05. The van der Waals surface area contributed by atoms with E-state index in [2.05, 4.69) is 15.9 Å². The van der Waals surface area contributed by atoms with Gasteiger partial charge in [-0.25, -0.2) is 0 Å². The number of hydrogen-bond donors (Lipinski definition) is 1. The summed E-state index contributed by atoms with van der Waals surface area (Å²) in [5.41, 5.74) is 0. The van der Waals surface area contributed by atoms with Gasteiger partial charge in [0.05, 0.1) is 28.1 Å². The van der Waals surface area contributed by atoms with Gasteiger partial charge in [0.1, 0.15) is 0 Å². The Balaban J connectivity index is 2.87. The Kier molecular flexibility index (Phi) is 3.91. The maximum absolute atomic E-state index is 11.4. The quantitative estimate of drug-likeness (QED) is 0.882. The minimum Gasteiger partial charge on any atom is -0.395 e. The van der Waals surface area contributed by atoms with Crippen molar-refractivity contribution in [3.05, 3.63) is 28.7 Å². The third kappa shape index (κ3) is 2.40. The average Bonchev–Trinajstić information content (AvgIpc) is 2.05. The van der Waals surface area contributed by atoms with Crippen LogP contribution >= 0.6 is 15.9 Å². The molecular formula is C8H9BrO2S. The summed E-state index contributed by atoms with van der Waals surface area (Å²) in [4.78, 5) is 0.742. The summed E-state index contributed by atoms with van der Waals surface area (Å²) < 4.78 is 12.2. The highest BCUT2D eigenvalue weighted by molar-refractivity contribution is 9.10. The van der Waals surface area contributed by atoms with Crippen LogP contribution in [0.3, 0.4) is 0 Å². The summed E-state index contributed by atoms with van der Waals surface area (Å²) in [7, 11) is -1.09. The summed E-state index contributed by atoms with van der Waals surface area (Å²) in [6, 6.07) is 7.32. The van der Waals surface area contributed by atoms with Crippen LogP contribution in [0.4, 0.5) is 0 Å². The smallest absolute Gasteiger partial charge is 0.0564 e. The second-order valence-electron chi connectivity index (χ2n) is 2.20. The molecule has 1 unspecified atom stereocenters. The minimum atomic E-state index is -1.09. The van der Waals surface area contributed by atoms with E-state index in [0.717, 1.165) is 9.37 Å². The maximum atomic E-state index is 11.4. The van der Waals surface area contributed by atoms with Crippen molar-refractivity contribution < 1.29 is 9.32 Å². The number of halogens is 1. The molecule has 0 heterocycles. The molecule has 0 spiro atoms. The largest absolute Gasteiger partial charge is 0.395 e. The van der Waals surface area contributed by atoms with Gasteiger partial charge < -0.3 is 5.11 Å². The molecule has 1 atom stereocenters. The summed E-state index contributed by atoms with van der Waals surface area (Å²) >= 11 is 3.29. The van der Waals surface area contributed by atoms with E-state index in [1.165, 1.54) is 0 Å². The summed E-state index contributed by atoms with van der Waals surface area (Å²) in [5.74, 6) is 0.294. The van der Waals surface area contributed by atoms with Gasteiger partial charge in [0.15, 0.2) is 0 Å². The molecule has 1 rings (SSSR count). The first kappa shape index (κ1) is 9.89. The van der Waals surface area contributed by atoms with E-state index >= 15 is 0 Å². The van der Waals surface area contributed by atoms with E-state index in [0.29, 0.717) is 5.75 Å². The zero-order valence-corrected chi connectivity index (χ0v) is 8.77. The Bertz CT molecular complexity index is 288. The van der Waals surface area contributed by atoms with Crippen LogP contribution in [-0.2, 0) is 10.8 Å². The molecule has 1 N–H and O–H groups in total. The number of hydrogen-bond acceptors (Lipinski definition) is 2. The summed E-state index contributed by atoms with van der Waals surface area (Å²) in [6.07, 6.45) is 0.